The van der Waals surface area contributed by atoms with Gasteiger partial charge in [0.05, 0.1) is 5.02 Å². The summed E-state index contributed by atoms with van der Waals surface area (Å²) in [7, 11) is 0. The molecule has 2 nitrogen and oxygen atoms in total. The molecule has 2 aromatic rings. The van der Waals surface area contributed by atoms with Crippen molar-refractivity contribution in [2.75, 3.05) is 0 Å². The first-order valence-corrected chi connectivity index (χ1v) is 7.25. The zero-order valence-corrected chi connectivity index (χ0v) is 12.9. The molecular weight excluding hydrogens is 270 g/mol. The quantitative estimate of drug-likeness (QED) is 0.724. The third-order valence-electron chi connectivity index (χ3n) is 3.49. The second-order valence-corrected chi connectivity index (χ2v) is 6.19. The Morgan fingerprint density at radius 2 is 1.80 bits per heavy atom. The second kappa shape index (κ2) is 6.27. The van der Waals surface area contributed by atoms with E-state index < -0.39 is 0 Å². The summed E-state index contributed by atoms with van der Waals surface area (Å²) in [6.07, 6.45) is 3.82. The number of hydrogen-bond donors (Lipinski definition) is 0. The molecule has 0 fully saturated rings. The van der Waals surface area contributed by atoms with Crippen LogP contribution in [0.25, 0.3) is 0 Å². The Bertz CT molecular complexity index is 546. The van der Waals surface area contributed by atoms with E-state index in [-0.39, 0.29) is 0 Å². The van der Waals surface area contributed by atoms with Crippen LogP contribution in [-0.2, 0) is 6.42 Å². The highest BCUT2D eigenvalue weighted by atomic mass is 35.5. The monoisotopic (exact) mass is 289 g/mol. The van der Waals surface area contributed by atoms with Crippen molar-refractivity contribution < 1.29 is 4.74 Å². The lowest BCUT2D eigenvalue weighted by molar-refractivity contribution is 0.349. The standard InChI is InChI=1S/C17H20ClNO/c1-4-17(2,3)11-13-5-8-15(9-6-13)20-16-10-7-14(18)12-19-16/h5-10,12H,4,11H2,1-3H3. The Hall–Kier alpha value is -1.54. The number of halogens is 1. The van der Waals surface area contributed by atoms with E-state index in [2.05, 4.69) is 37.9 Å². The van der Waals surface area contributed by atoms with Gasteiger partial charge in [-0.2, -0.15) is 0 Å². The molecular formula is C17H20ClNO. The van der Waals surface area contributed by atoms with Crippen molar-refractivity contribution in [2.24, 2.45) is 5.41 Å². The predicted molar refractivity (Wildman–Crippen MR) is 83.5 cm³/mol. The van der Waals surface area contributed by atoms with Crippen LogP contribution in [-0.4, -0.2) is 4.98 Å². The van der Waals surface area contributed by atoms with E-state index in [1.165, 1.54) is 12.0 Å². The van der Waals surface area contributed by atoms with E-state index in [1.807, 2.05) is 12.1 Å². The normalized spacial score (nSPS) is 11.4. The van der Waals surface area contributed by atoms with Gasteiger partial charge in [0, 0.05) is 12.3 Å². The van der Waals surface area contributed by atoms with Gasteiger partial charge in [-0.05, 0) is 35.6 Å². The van der Waals surface area contributed by atoms with E-state index in [0.717, 1.165) is 12.2 Å². The maximum Gasteiger partial charge on any atom is 0.219 e. The minimum atomic E-state index is 0.333. The molecule has 1 heterocycles. The molecule has 106 valence electrons. The van der Waals surface area contributed by atoms with Crippen LogP contribution >= 0.6 is 11.6 Å². The molecule has 1 aromatic heterocycles. The molecule has 0 aliphatic rings. The maximum absolute atomic E-state index is 5.79. The van der Waals surface area contributed by atoms with Gasteiger partial charge in [0.2, 0.25) is 5.88 Å². The van der Waals surface area contributed by atoms with Crippen LogP contribution in [0.2, 0.25) is 5.02 Å². The number of rotatable bonds is 5. The third kappa shape index (κ3) is 4.24. The van der Waals surface area contributed by atoms with Crippen molar-refractivity contribution in [3.05, 3.63) is 53.2 Å². The lowest BCUT2D eigenvalue weighted by atomic mass is 9.83. The van der Waals surface area contributed by atoms with Crippen LogP contribution < -0.4 is 4.74 Å². The van der Waals surface area contributed by atoms with Gasteiger partial charge in [0.15, 0.2) is 0 Å². The maximum atomic E-state index is 5.79. The van der Waals surface area contributed by atoms with Gasteiger partial charge in [-0.15, -0.1) is 0 Å². The summed E-state index contributed by atoms with van der Waals surface area (Å²) in [6, 6.07) is 11.7. The lowest BCUT2D eigenvalue weighted by Crippen LogP contribution is -2.13. The molecule has 0 aliphatic carbocycles. The predicted octanol–water partition coefficient (Wildman–Crippen LogP) is 5.51. The van der Waals surface area contributed by atoms with E-state index in [9.17, 15) is 0 Å². The lowest BCUT2D eigenvalue weighted by Gasteiger charge is -2.22. The summed E-state index contributed by atoms with van der Waals surface area (Å²) in [4.78, 5) is 4.11. The fraction of sp³-hybridized carbons (Fsp3) is 0.353. The van der Waals surface area contributed by atoms with E-state index in [1.54, 1.807) is 18.3 Å². The van der Waals surface area contributed by atoms with Crippen LogP contribution in [0, 0.1) is 5.41 Å². The van der Waals surface area contributed by atoms with Gasteiger partial charge in [-0.1, -0.05) is 50.9 Å². The van der Waals surface area contributed by atoms with Crippen molar-refractivity contribution in [3.8, 4) is 11.6 Å². The van der Waals surface area contributed by atoms with Gasteiger partial charge in [0.25, 0.3) is 0 Å². The van der Waals surface area contributed by atoms with Gasteiger partial charge in [0.1, 0.15) is 5.75 Å². The molecule has 0 bridgehead atoms. The molecule has 0 spiro atoms. The first kappa shape index (κ1) is 14.9. The summed E-state index contributed by atoms with van der Waals surface area (Å²) in [6.45, 7) is 6.80. The Labute approximate surface area is 125 Å². The molecule has 0 aliphatic heterocycles. The number of nitrogens with zero attached hydrogens (tertiary/aromatic N) is 1. The van der Waals surface area contributed by atoms with Crippen molar-refractivity contribution in [1.29, 1.82) is 0 Å². The molecule has 0 atom stereocenters. The largest absolute Gasteiger partial charge is 0.439 e. The fourth-order valence-corrected chi connectivity index (χ4v) is 2.01. The second-order valence-electron chi connectivity index (χ2n) is 5.76. The Balaban J connectivity index is 2.03. The summed E-state index contributed by atoms with van der Waals surface area (Å²) in [5.41, 5.74) is 1.66. The minimum Gasteiger partial charge on any atom is -0.439 e. The fourth-order valence-electron chi connectivity index (χ4n) is 1.90. The SMILES string of the molecule is CCC(C)(C)Cc1ccc(Oc2ccc(Cl)cn2)cc1. The number of pyridine rings is 1. The zero-order valence-electron chi connectivity index (χ0n) is 12.2. The molecule has 0 radical (unpaired) electrons. The molecule has 1 aromatic carbocycles. The highest BCUT2D eigenvalue weighted by Gasteiger charge is 2.15. The van der Waals surface area contributed by atoms with Crippen LogP contribution in [0.3, 0.4) is 0 Å². The zero-order chi connectivity index (χ0) is 14.6. The van der Waals surface area contributed by atoms with Crippen LogP contribution in [0.15, 0.2) is 42.6 Å². The molecule has 0 N–H and O–H groups in total. The molecule has 3 heteroatoms. The first-order valence-electron chi connectivity index (χ1n) is 6.87. The molecule has 0 saturated heterocycles. The van der Waals surface area contributed by atoms with Gasteiger partial charge in [-0.25, -0.2) is 4.98 Å². The van der Waals surface area contributed by atoms with Crippen LogP contribution in [0.1, 0.15) is 32.8 Å². The average Bonchev–Trinajstić information content (AvgIpc) is 2.43. The van der Waals surface area contributed by atoms with Crippen molar-refractivity contribution in [2.45, 2.75) is 33.6 Å². The highest BCUT2D eigenvalue weighted by Crippen LogP contribution is 2.27. The Morgan fingerprint density at radius 3 is 2.35 bits per heavy atom. The summed E-state index contributed by atoms with van der Waals surface area (Å²) in [5, 5.41) is 0.606. The van der Waals surface area contributed by atoms with Crippen molar-refractivity contribution in [1.82, 2.24) is 4.98 Å². The molecule has 0 amide bonds. The number of aromatic nitrogens is 1. The van der Waals surface area contributed by atoms with Gasteiger partial charge < -0.3 is 4.74 Å². The van der Waals surface area contributed by atoms with Crippen LogP contribution in [0.4, 0.5) is 0 Å². The Morgan fingerprint density at radius 1 is 1.10 bits per heavy atom. The molecule has 2 rings (SSSR count). The molecule has 0 unspecified atom stereocenters. The molecule has 20 heavy (non-hydrogen) atoms. The van der Waals surface area contributed by atoms with Crippen LogP contribution in [0.5, 0.6) is 11.6 Å². The summed E-state index contributed by atoms with van der Waals surface area (Å²) >= 11 is 5.79. The number of hydrogen-bond acceptors (Lipinski definition) is 2. The van der Waals surface area contributed by atoms with E-state index in [0.29, 0.717) is 16.3 Å². The van der Waals surface area contributed by atoms with Crippen molar-refractivity contribution >= 4 is 11.6 Å². The number of benzene rings is 1. The van der Waals surface area contributed by atoms with E-state index in [4.69, 9.17) is 16.3 Å². The Kier molecular flexibility index (Phi) is 4.66. The average molecular weight is 290 g/mol. The summed E-state index contributed by atoms with van der Waals surface area (Å²) in [5.74, 6) is 1.34. The minimum absolute atomic E-state index is 0.333. The van der Waals surface area contributed by atoms with Crippen molar-refractivity contribution in [3.63, 3.8) is 0 Å². The first-order chi connectivity index (χ1) is 9.48. The van der Waals surface area contributed by atoms with E-state index >= 15 is 0 Å². The topological polar surface area (TPSA) is 22.1 Å². The summed E-state index contributed by atoms with van der Waals surface area (Å²) < 4.78 is 5.68. The number of ether oxygens (including phenoxy) is 1. The smallest absolute Gasteiger partial charge is 0.219 e. The van der Waals surface area contributed by atoms with Gasteiger partial charge >= 0.3 is 0 Å². The van der Waals surface area contributed by atoms with Gasteiger partial charge in [-0.3, -0.25) is 0 Å². The molecule has 0 saturated carbocycles. The highest BCUT2D eigenvalue weighted by molar-refractivity contribution is 6.30. The third-order valence-corrected chi connectivity index (χ3v) is 3.71.